The molecular weight excluding hydrogens is 318 g/mol. The molecule has 0 radical (unpaired) electrons. The average Bonchev–Trinajstić information content (AvgIpc) is 2.63. The van der Waals surface area contributed by atoms with Crippen LogP contribution in [0.4, 0.5) is 22.9 Å². The van der Waals surface area contributed by atoms with Crippen LogP contribution in [0.2, 0.25) is 0 Å². The zero-order valence-electron chi connectivity index (χ0n) is 14.0. The van der Waals surface area contributed by atoms with Crippen LogP contribution in [0.5, 0.6) is 0 Å². The standard InChI is InChI=1S/C18H19N5O2/c1-13-8-10-22(11-9-13)15-4-2-14(3-5-15)20-18-7-6-17(23(24)25)16(12-19)21-18/h2-7,13H,8-11H2,1H3,(H,20,21). The lowest BCUT2D eigenvalue weighted by Gasteiger charge is -2.32. The fourth-order valence-electron chi connectivity index (χ4n) is 2.92. The van der Waals surface area contributed by atoms with Crippen LogP contribution in [0.25, 0.3) is 0 Å². The van der Waals surface area contributed by atoms with Crippen molar-refractivity contribution in [2.75, 3.05) is 23.3 Å². The Hall–Kier alpha value is -3.14. The van der Waals surface area contributed by atoms with Crippen molar-refractivity contribution in [1.29, 1.82) is 5.26 Å². The number of hydrogen-bond acceptors (Lipinski definition) is 6. The molecule has 25 heavy (non-hydrogen) atoms. The number of nitro groups is 1. The van der Waals surface area contributed by atoms with Crippen molar-refractivity contribution in [3.05, 3.63) is 52.2 Å². The van der Waals surface area contributed by atoms with Gasteiger partial charge in [-0.3, -0.25) is 10.1 Å². The van der Waals surface area contributed by atoms with E-state index >= 15 is 0 Å². The van der Waals surface area contributed by atoms with Gasteiger partial charge in [-0.1, -0.05) is 6.92 Å². The summed E-state index contributed by atoms with van der Waals surface area (Å²) in [5, 5.41) is 22.9. The highest BCUT2D eigenvalue weighted by Crippen LogP contribution is 2.26. The van der Waals surface area contributed by atoms with E-state index in [2.05, 4.69) is 34.3 Å². The maximum Gasteiger partial charge on any atom is 0.305 e. The monoisotopic (exact) mass is 337 g/mol. The zero-order valence-corrected chi connectivity index (χ0v) is 14.0. The molecule has 1 N–H and O–H groups in total. The van der Waals surface area contributed by atoms with Gasteiger partial charge in [0.15, 0.2) is 0 Å². The van der Waals surface area contributed by atoms with Crippen LogP contribution in [-0.2, 0) is 0 Å². The Morgan fingerprint density at radius 2 is 1.92 bits per heavy atom. The molecular formula is C18H19N5O2. The maximum absolute atomic E-state index is 10.8. The second-order valence-electron chi connectivity index (χ2n) is 6.27. The number of aromatic nitrogens is 1. The second kappa shape index (κ2) is 7.18. The molecule has 1 aromatic carbocycles. The van der Waals surface area contributed by atoms with Crippen molar-refractivity contribution in [2.45, 2.75) is 19.8 Å². The zero-order chi connectivity index (χ0) is 17.8. The van der Waals surface area contributed by atoms with Crippen LogP contribution in [0, 0.1) is 27.4 Å². The first-order valence-corrected chi connectivity index (χ1v) is 8.24. The van der Waals surface area contributed by atoms with Crippen molar-refractivity contribution in [2.24, 2.45) is 5.92 Å². The third-order valence-electron chi connectivity index (χ3n) is 4.47. The van der Waals surface area contributed by atoms with Crippen molar-refractivity contribution in [3.8, 4) is 6.07 Å². The molecule has 1 aromatic heterocycles. The van der Waals surface area contributed by atoms with Crippen molar-refractivity contribution < 1.29 is 4.92 Å². The number of anilines is 3. The summed E-state index contributed by atoms with van der Waals surface area (Å²) in [5.74, 6) is 1.20. The van der Waals surface area contributed by atoms with Crippen LogP contribution >= 0.6 is 0 Å². The lowest BCUT2D eigenvalue weighted by molar-refractivity contribution is -0.385. The summed E-state index contributed by atoms with van der Waals surface area (Å²) >= 11 is 0. The number of nitriles is 1. The molecule has 0 atom stereocenters. The van der Waals surface area contributed by atoms with Gasteiger partial charge in [0.05, 0.1) is 4.92 Å². The van der Waals surface area contributed by atoms with Gasteiger partial charge in [-0.15, -0.1) is 0 Å². The van der Waals surface area contributed by atoms with Gasteiger partial charge in [0.25, 0.3) is 0 Å². The van der Waals surface area contributed by atoms with Gasteiger partial charge in [-0.2, -0.15) is 5.26 Å². The Kier molecular flexibility index (Phi) is 4.80. The molecule has 1 aliphatic rings. The molecule has 128 valence electrons. The predicted molar refractivity (Wildman–Crippen MR) is 95.9 cm³/mol. The van der Waals surface area contributed by atoms with E-state index in [-0.39, 0.29) is 11.4 Å². The van der Waals surface area contributed by atoms with Gasteiger partial charge < -0.3 is 10.2 Å². The Labute approximate surface area is 146 Å². The van der Waals surface area contributed by atoms with Gasteiger partial charge in [0.1, 0.15) is 11.9 Å². The lowest BCUT2D eigenvalue weighted by atomic mass is 9.99. The molecule has 0 bridgehead atoms. The van der Waals surface area contributed by atoms with E-state index in [1.54, 1.807) is 6.07 Å². The molecule has 3 rings (SSSR count). The van der Waals surface area contributed by atoms with E-state index in [0.717, 1.165) is 24.7 Å². The van der Waals surface area contributed by atoms with Gasteiger partial charge in [-0.05, 0) is 49.1 Å². The smallest absolute Gasteiger partial charge is 0.305 e. The first-order chi connectivity index (χ1) is 12.1. The van der Waals surface area contributed by atoms with Crippen LogP contribution in [0.1, 0.15) is 25.5 Å². The van der Waals surface area contributed by atoms with E-state index in [1.807, 2.05) is 12.1 Å². The highest BCUT2D eigenvalue weighted by molar-refractivity contribution is 5.62. The number of hydrogen-bond donors (Lipinski definition) is 1. The number of benzene rings is 1. The third kappa shape index (κ3) is 3.86. The average molecular weight is 337 g/mol. The minimum atomic E-state index is -0.608. The van der Waals surface area contributed by atoms with E-state index in [4.69, 9.17) is 5.26 Å². The summed E-state index contributed by atoms with van der Waals surface area (Å²) in [5.41, 5.74) is 1.52. The van der Waals surface area contributed by atoms with E-state index in [1.165, 1.54) is 30.7 Å². The largest absolute Gasteiger partial charge is 0.372 e. The van der Waals surface area contributed by atoms with Crippen molar-refractivity contribution >= 4 is 22.9 Å². The van der Waals surface area contributed by atoms with Gasteiger partial charge in [0.2, 0.25) is 5.69 Å². The summed E-state index contributed by atoms with van der Waals surface area (Å²) in [4.78, 5) is 16.6. The molecule has 0 aliphatic carbocycles. The van der Waals surface area contributed by atoms with Crippen LogP contribution < -0.4 is 10.2 Å². The van der Waals surface area contributed by atoms with Gasteiger partial charge >= 0.3 is 5.69 Å². The molecule has 1 saturated heterocycles. The highest BCUT2D eigenvalue weighted by atomic mass is 16.6. The molecule has 0 amide bonds. The summed E-state index contributed by atoms with van der Waals surface area (Å²) in [7, 11) is 0. The predicted octanol–water partition coefficient (Wildman–Crippen LogP) is 3.84. The van der Waals surface area contributed by atoms with Gasteiger partial charge in [0, 0.05) is 30.5 Å². The highest BCUT2D eigenvalue weighted by Gasteiger charge is 2.17. The first-order valence-electron chi connectivity index (χ1n) is 8.24. The fourth-order valence-corrected chi connectivity index (χ4v) is 2.92. The third-order valence-corrected chi connectivity index (χ3v) is 4.47. The molecule has 1 fully saturated rings. The first kappa shape index (κ1) is 16.7. The van der Waals surface area contributed by atoms with E-state index in [0.29, 0.717) is 5.82 Å². The van der Waals surface area contributed by atoms with E-state index in [9.17, 15) is 10.1 Å². The fraction of sp³-hybridized carbons (Fsp3) is 0.333. The minimum absolute atomic E-state index is 0.200. The Balaban J connectivity index is 1.71. The van der Waals surface area contributed by atoms with Crippen LogP contribution in [0.3, 0.4) is 0 Å². The normalized spacial score (nSPS) is 14.8. The maximum atomic E-state index is 10.8. The molecule has 0 saturated carbocycles. The molecule has 0 spiro atoms. The topological polar surface area (TPSA) is 95.1 Å². The number of rotatable bonds is 4. The lowest BCUT2D eigenvalue weighted by Crippen LogP contribution is -2.32. The number of piperidine rings is 1. The Morgan fingerprint density at radius 3 is 2.52 bits per heavy atom. The van der Waals surface area contributed by atoms with Crippen molar-refractivity contribution in [3.63, 3.8) is 0 Å². The minimum Gasteiger partial charge on any atom is -0.372 e. The quantitative estimate of drug-likeness (QED) is 0.673. The van der Waals surface area contributed by atoms with Crippen molar-refractivity contribution in [1.82, 2.24) is 4.98 Å². The Morgan fingerprint density at radius 1 is 1.24 bits per heavy atom. The number of nitrogens with one attached hydrogen (secondary N) is 1. The molecule has 1 aliphatic heterocycles. The Bertz CT molecular complexity index is 805. The number of pyridine rings is 1. The van der Waals surface area contributed by atoms with Gasteiger partial charge in [-0.25, -0.2) is 4.98 Å². The number of nitrogens with zero attached hydrogens (tertiary/aromatic N) is 4. The molecule has 2 heterocycles. The van der Waals surface area contributed by atoms with Crippen LogP contribution in [-0.4, -0.2) is 23.0 Å². The summed E-state index contributed by atoms with van der Waals surface area (Å²) in [6.45, 7) is 4.43. The molecule has 0 unspecified atom stereocenters. The SMILES string of the molecule is CC1CCN(c2ccc(Nc3ccc([N+](=O)[O-])c(C#N)n3)cc2)CC1. The molecule has 2 aromatic rings. The molecule has 7 nitrogen and oxygen atoms in total. The molecule has 7 heteroatoms. The summed E-state index contributed by atoms with van der Waals surface area (Å²) < 4.78 is 0. The van der Waals surface area contributed by atoms with Crippen LogP contribution in [0.15, 0.2) is 36.4 Å². The summed E-state index contributed by atoms with van der Waals surface area (Å²) in [6.07, 6.45) is 2.42. The second-order valence-corrected chi connectivity index (χ2v) is 6.27. The summed E-state index contributed by atoms with van der Waals surface area (Å²) in [6, 6.07) is 12.5. The van der Waals surface area contributed by atoms with E-state index < -0.39 is 4.92 Å².